The highest BCUT2D eigenvalue weighted by atomic mass is 32.2. The molecule has 0 unspecified atom stereocenters. The third-order valence-corrected chi connectivity index (χ3v) is 6.41. The van der Waals surface area contributed by atoms with Gasteiger partial charge in [0.1, 0.15) is 27.8 Å². The molecule has 1 aliphatic carbocycles. The van der Waals surface area contributed by atoms with E-state index in [9.17, 15) is 17.6 Å². The van der Waals surface area contributed by atoms with Crippen molar-refractivity contribution in [2.75, 3.05) is 7.05 Å². The van der Waals surface area contributed by atoms with Crippen molar-refractivity contribution in [3.8, 4) is 17.1 Å². The number of hydrogen-bond donors (Lipinski definition) is 2. The summed E-state index contributed by atoms with van der Waals surface area (Å²) in [7, 11) is -2.36. The van der Waals surface area contributed by atoms with Crippen LogP contribution in [0.2, 0.25) is 0 Å². The highest BCUT2D eigenvalue weighted by molar-refractivity contribution is 7.89. The molecule has 1 aliphatic rings. The van der Waals surface area contributed by atoms with Crippen LogP contribution in [-0.4, -0.2) is 33.5 Å². The molecule has 0 aliphatic heterocycles. The molecule has 2 N–H and O–H groups in total. The number of rotatable bonds is 7. The van der Waals surface area contributed by atoms with Crippen LogP contribution in [-0.2, 0) is 10.0 Å². The van der Waals surface area contributed by atoms with E-state index in [4.69, 9.17) is 9.15 Å². The minimum atomic E-state index is -3.85. The summed E-state index contributed by atoms with van der Waals surface area (Å²) in [4.78, 5) is 12.6. The van der Waals surface area contributed by atoms with Gasteiger partial charge in [0.05, 0.1) is 11.7 Å². The van der Waals surface area contributed by atoms with Gasteiger partial charge in [0, 0.05) is 30.1 Å². The maximum absolute atomic E-state index is 13.4. The number of sulfonamides is 1. The molecule has 1 heterocycles. The standard InChI is InChI=1S/C22H23FN2O5S/c1-12(2)29-18-10-16-17(11-19(18)31(27,28)25-15-8-9-15)30-21(20(16)22(26)24-3)13-4-6-14(23)7-5-13/h4-7,10-12,15,25H,8-9H2,1-3H3,(H,24,26). The average molecular weight is 447 g/mol. The summed E-state index contributed by atoms with van der Waals surface area (Å²) in [6.45, 7) is 3.57. The van der Waals surface area contributed by atoms with Gasteiger partial charge in [-0.15, -0.1) is 0 Å². The summed E-state index contributed by atoms with van der Waals surface area (Å²) >= 11 is 0. The lowest BCUT2D eigenvalue weighted by atomic mass is 10.0. The van der Waals surface area contributed by atoms with E-state index in [-0.39, 0.29) is 39.7 Å². The van der Waals surface area contributed by atoms with Crippen LogP contribution >= 0.6 is 0 Å². The molecule has 4 rings (SSSR count). The van der Waals surface area contributed by atoms with E-state index < -0.39 is 21.7 Å². The van der Waals surface area contributed by atoms with E-state index >= 15 is 0 Å². The molecular weight excluding hydrogens is 423 g/mol. The first-order valence-corrected chi connectivity index (χ1v) is 11.5. The normalized spacial score (nSPS) is 14.2. The van der Waals surface area contributed by atoms with Crippen LogP contribution in [0.1, 0.15) is 37.0 Å². The predicted octanol–water partition coefficient (Wildman–Crippen LogP) is 3.83. The van der Waals surface area contributed by atoms with Crippen LogP contribution in [0.5, 0.6) is 5.75 Å². The second-order valence-electron chi connectivity index (χ2n) is 7.75. The van der Waals surface area contributed by atoms with Crippen molar-refractivity contribution in [1.29, 1.82) is 0 Å². The molecule has 164 valence electrons. The molecule has 0 radical (unpaired) electrons. The summed E-state index contributed by atoms with van der Waals surface area (Å²) in [6.07, 6.45) is 1.29. The first kappa shape index (κ1) is 21.3. The zero-order chi connectivity index (χ0) is 22.3. The second kappa shape index (κ2) is 7.97. The Kier molecular flexibility index (Phi) is 5.49. The summed E-state index contributed by atoms with van der Waals surface area (Å²) in [5.74, 6) is -0.490. The Balaban J connectivity index is 1.96. The first-order chi connectivity index (χ1) is 14.7. The highest BCUT2D eigenvalue weighted by Gasteiger charge is 2.32. The fourth-order valence-electron chi connectivity index (χ4n) is 3.30. The smallest absolute Gasteiger partial charge is 0.255 e. The SMILES string of the molecule is CNC(=O)c1c(-c2ccc(F)cc2)oc2cc(S(=O)(=O)NC3CC3)c(OC(C)C)cc12. The molecule has 3 aromatic rings. The van der Waals surface area contributed by atoms with Gasteiger partial charge < -0.3 is 14.5 Å². The number of furan rings is 1. The van der Waals surface area contributed by atoms with Gasteiger partial charge in [-0.2, -0.15) is 0 Å². The van der Waals surface area contributed by atoms with E-state index in [0.717, 1.165) is 12.8 Å². The van der Waals surface area contributed by atoms with Crippen LogP contribution in [0.3, 0.4) is 0 Å². The zero-order valence-corrected chi connectivity index (χ0v) is 18.2. The van der Waals surface area contributed by atoms with Crippen molar-refractivity contribution < 1.29 is 26.8 Å². The molecule has 1 saturated carbocycles. The number of fused-ring (bicyclic) bond motifs is 1. The quantitative estimate of drug-likeness (QED) is 0.575. The molecule has 1 fully saturated rings. The van der Waals surface area contributed by atoms with Crippen LogP contribution < -0.4 is 14.8 Å². The van der Waals surface area contributed by atoms with E-state index in [1.807, 2.05) is 0 Å². The van der Waals surface area contributed by atoms with Crippen molar-refractivity contribution >= 4 is 26.9 Å². The largest absolute Gasteiger partial charge is 0.490 e. The molecule has 0 atom stereocenters. The predicted molar refractivity (Wildman–Crippen MR) is 114 cm³/mol. The number of hydrogen-bond acceptors (Lipinski definition) is 5. The Morgan fingerprint density at radius 1 is 1.19 bits per heavy atom. The summed E-state index contributed by atoms with van der Waals surface area (Å²) in [6, 6.07) is 8.32. The van der Waals surface area contributed by atoms with Gasteiger partial charge in [0.25, 0.3) is 5.91 Å². The molecule has 0 spiro atoms. The molecule has 1 aromatic heterocycles. The molecule has 9 heteroatoms. The van der Waals surface area contributed by atoms with Gasteiger partial charge in [0.2, 0.25) is 10.0 Å². The number of nitrogens with one attached hydrogen (secondary N) is 2. The van der Waals surface area contributed by atoms with Crippen molar-refractivity contribution in [2.45, 2.75) is 43.7 Å². The average Bonchev–Trinajstić information content (AvgIpc) is 3.43. The fourth-order valence-corrected chi connectivity index (χ4v) is 4.74. The molecule has 1 amide bonds. The maximum atomic E-state index is 13.4. The number of ether oxygens (including phenoxy) is 1. The number of amides is 1. The Morgan fingerprint density at radius 3 is 2.45 bits per heavy atom. The lowest BCUT2D eigenvalue weighted by Gasteiger charge is -2.15. The van der Waals surface area contributed by atoms with Crippen LogP contribution in [0.4, 0.5) is 4.39 Å². The Morgan fingerprint density at radius 2 is 1.87 bits per heavy atom. The molecule has 2 aromatic carbocycles. The van der Waals surface area contributed by atoms with Crippen LogP contribution in [0, 0.1) is 5.82 Å². The molecule has 0 saturated heterocycles. The maximum Gasteiger partial charge on any atom is 0.255 e. The topological polar surface area (TPSA) is 97.6 Å². The third kappa shape index (κ3) is 4.28. The zero-order valence-electron chi connectivity index (χ0n) is 17.4. The minimum absolute atomic E-state index is 0.0523. The number of halogens is 1. The van der Waals surface area contributed by atoms with E-state index in [1.165, 1.54) is 43.4 Å². The molecular formula is C22H23FN2O5S. The van der Waals surface area contributed by atoms with Gasteiger partial charge in [-0.25, -0.2) is 17.5 Å². The first-order valence-electron chi connectivity index (χ1n) is 9.97. The number of carbonyl (C=O) groups is 1. The van der Waals surface area contributed by atoms with Crippen molar-refractivity contribution in [3.63, 3.8) is 0 Å². The number of carbonyl (C=O) groups excluding carboxylic acids is 1. The van der Waals surface area contributed by atoms with Crippen molar-refractivity contribution in [2.24, 2.45) is 0 Å². The van der Waals surface area contributed by atoms with E-state index in [1.54, 1.807) is 13.8 Å². The van der Waals surface area contributed by atoms with Gasteiger partial charge in [-0.1, -0.05) is 0 Å². The Bertz CT molecular complexity index is 1250. The summed E-state index contributed by atoms with van der Waals surface area (Å²) < 4.78 is 53.7. The van der Waals surface area contributed by atoms with E-state index in [0.29, 0.717) is 10.9 Å². The van der Waals surface area contributed by atoms with Crippen molar-refractivity contribution in [3.05, 3.63) is 47.8 Å². The minimum Gasteiger partial charge on any atom is -0.490 e. The Hall–Kier alpha value is -2.91. The van der Waals surface area contributed by atoms with Gasteiger partial charge in [-0.3, -0.25) is 4.79 Å². The summed E-state index contributed by atoms with van der Waals surface area (Å²) in [5.41, 5.74) is 0.921. The van der Waals surface area contributed by atoms with Crippen LogP contribution in [0.15, 0.2) is 45.7 Å². The number of benzene rings is 2. The monoisotopic (exact) mass is 446 g/mol. The van der Waals surface area contributed by atoms with Gasteiger partial charge in [-0.05, 0) is 57.0 Å². The van der Waals surface area contributed by atoms with Gasteiger partial charge in [0.15, 0.2) is 0 Å². The van der Waals surface area contributed by atoms with Crippen molar-refractivity contribution in [1.82, 2.24) is 10.0 Å². The van der Waals surface area contributed by atoms with E-state index in [2.05, 4.69) is 10.0 Å². The fraction of sp³-hybridized carbons (Fsp3) is 0.318. The third-order valence-electron chi connectivity index (χ3n) is 4.87. The highest BCUT2D eigenvalue weighted by Crippen LogP contribution is 2.39. The lowest BCUT2D eigenvalue weighted by Crippen LogP contribution is -2.26. The lowest BCUT2D eigenvalue weighted by molar-refractivity contribution is 0.0964. The summed E-state index contributed by atoms with van der Waals surface area (Å²) in [5, 5.41) is 2.98. The molecule has 31 heavy (non-hydrogen) atoms. The molecule has 7 nitrogen and oxygen atoms in total. The second-order valence-corrected chi connectivity index (χ2v) is 9.43. The van der Waals surface area contributed by atoms with Gasteiger partial charge >= 0.3 is 0 Å². The van der Waals surface area contributed by atoms with Crippen LogP contribution in [0.25, 0.3) is 22.3 Å². The molecule has 0 bridgehead atoms. The Labute approximate surface area is 179 Å².